The van der Waals surface area contributed by atoms with E-state index >= 15 is 0 Å². The maximum Gasteiger partial charge on any atom is 0.261 e. The highest BCUT2D eigenvalue weighted by molar-refractivity contribution is 5.88. The molecule has 0 aliphatic heterocycles. The number of halogens is 1. The van der Waals surface area contributed by atoms with Gasteiger partial charge in [-0.25, -0.2) is 4.39 Å². The third-order valence-corrected chi connectivity index (χ3v) is 6.65. The zero-order valence-electron chi connectivity index (χ0n) is 23.0. The fourth-order valence-corrected chi connectivity index (χ4v) is 4.08. The molecular weight excluding hydrogens is 479 g/mol. The number of carbonyl (C=O) groups is 2. The van der Waals surface area contributed by atoms with Crippen LogP contribution in [0.4, 0.5) is 4.39 Å². The molecule has 0 aliphatic carbocycles. The fourth-order valence-electron chi connectivity index (χ4n) is 4.08. The van der Waals surface area contributed by atoms with E-state index in [0.717, 1.165) is 17.5 Å². The van der Waals surface area contributed by atoms with Crippen LogP contribution < -0.4 is 10.1 Å². The van der Waals surface area contributed by atoms with Crippen LogP contribution in [0.25, 0.3) is 0 Å². The molecule has 6 heteroatoms. The van der Waals surface area contributed by atoms with Crippen LogP contribution in [0.3, 0.4) is 0 Å². The minimum atomic E-state index is -0.842. The Labute approximate surface area is 226 Å². The lowest BCUT2D eigenvalue weighted by molar-refractivity contribution is -0.143. The number of benzene rings is 3. The summed E-state index contributed by atoms with van der Waals surface area (Å²) in [6, 6.07) is 22.6. The van der Waals surface area contributed by atoms with Crippen LogP contribution in [0, 0.1) is 5.82 Å². The lowest BCUT2D eigenvalue weighted by Gasteiger charge is -2.32. The van der Waals surface area contributed by atoms with E-state index < -0.39 is 17.8 Å². The number of hydrogen-bond acceptors (Lipinski definition) is 3. The van der Waals surface area contributed by atoms with Crippen LogP contribution in [0.5, 0.6) is 5.75 Å². The normalized spacial score (nSPS) is 12.9. The molecule has 0 aliphatic rings. The molecule has 1 N–H and O–H groups in total. The van der Waals surface area contributed by atoms with Gasteiger partial charge in [-0.1, -0.05) is 88.4 Å². The third kappa shape index (κ3) is 8.17. The molecule has 0 spiro atoms. The summed E-state index contributed by atoms with van der Waals surface area (Å²) < 4.78 is 20.5. The second kappa shape index (κ2) is 13.2. The first kappa shape index (κ1) is 28.9. The summed E-state index contributed by atoms with van der Waals surface area (Å²) in [5, 5.41) is 3.01. The van der Waals surface area contributed by atoms with E-state index in [1.807, 2.05) is 68.4 Å². The number of nitrogens with one attached hydrogen (secondary N) is 1. The van der Waals surface area contributed by atoms with Crippen molar-refractivity contribution in [2.75, 3.05) is 6.61 Å². The van der Waals surface area contributed by atoms with E-state index in [0.29, 0.717) is 17.7 Å². The van der Waals surface area contributed by atoms with Gasteiger partial charge in [0, 0.05) is 24.6 Å². The molecular formula is C32H39FN2O3. The van der Waals surface area contributed by atoms with Gasteiger partial charge in [-0.3, -0.25) is 9.59 Å². The van der Waals surface area contributed by atoms with Crippen LogP contribution in [-0.4, -0.2) is 35.4 Å². The van der Waals surface area contributed by atoms with E-state index in [-0.39, 0.29) is 30.5 Å². The van der Waals surface area contributed by atoms with Crippen LogP contribution in [0.1, 0.15) is 57.7 Å². The summed E-state index contributed by atoms with van der Waals surface area (Å²) in [5.41, 5.74) is 2.40. The standard InChI is InChI=1S/C32H39FN2O3/c1-6-23(2)34-31(37)29(20-24-12-8-7-9-13-24)35(21-25-14-10-11-15-28(25)33)30(36)22-38-27-18-16-26(17-19-27)32(3,4)5/h7-19,23,29H,6,20-22H2,1-5H3,(H,34,37)/t23-,29+/m1/s1. The van der Waals surface area contributed by atoms with Crippen molar-refractivity contribution in [2.24, 2.45) is 0 Å². The first-order chi connectivity index (χ1) is 18.1. The summed E-state index contributed by atoms with van der Waals surface area (Å²) in [6.45, 7) is 9.97. The molecule has 0 unspecified atom stereocenters. The van der Waals surface area contributed by atoms with Crippen molar-refractivity contribution in [3.05, 3.63) is 101 Å². The summed E-state index contributed by atoms with van der Waals surface area (Å²) in [7, 11) is 0. The molecule has 0 saturated heterocycles. The van der Waals surface area contributed by atoms with E-state index in [2.05, 4.69) is 26.1 Å². The molecule has 2 amide bonds. The Morgan fingerprint density at radius 2 is 1.58 bits per heavy atom. The molecule has 0 fully saturated rings. The lowest BCUT2D eigenvalue weighted by atomic mass is 9.87. The second-order valence-corrected chi connectivity index (χ2v) is 10.7. The van der Waals surface area contributed by atoms with Crippen molar-refractivity contribution >= 4 is 11.8 Å². The highest BCUT2D eigenvalue weighted by Gasteiger charge is 2.31. The van der Waals surface area contributed by atoms with Crippen LogP contribution in [0.15, 0.2) is 78.9 Å². The van der Waals surface area contributed by atoms with Crippen molar-refractivity contribution in [3.8, 4) is 5.75 Å². The first-order valence-electron chi connectivity index (χ1n) is 13.2. The Bertz CT molecular complexity index is 1190. The summed E-state index contributed by atoms with van der Waals surface area (Å²) >= 11 is 0. The Balaban J connectivity index is 1.90. The lowest BCUT2D eigenvalue weighted by Crippen LogP contribution is -2.53. The summed E-state index contributed by atoms with van der Waals surface area (Å²) in [5.74, 6) is -0.540. The van der Waals surface area contributed by atoms with E-state index in [1.54, 1.807) is 18.2 Å². The van der Waals surface area contributed by atoms with Gasteiger partial charge in [0.1, 0.15) is 17.6 Å². The van der Waals surface area contributed by atoms with E-state index in [4.69, 9.17) is 4.74 Å². The SMILES string of the molecule is CC[C@@H](C)NC(=O)[C@H](Cc1ccccc1)N(Cc1ccccc1F)C(=O)COc1ccc(C(C)(C)C)cc1. The molecule has 0 radical (unpaired) electrons. The molecule has 202 valence electrons. The quantitative estimate of drug-likeness (QED) is 0.336. The zero-order valence-corrected chi connectivity index (χ0v) is 23.0. The van der Waals surface area contributed by atoms with Gasteiger partial charge in [-0.2, -0.15) is 0 Å². The van der Waals surface area contributed by atoms with Crippen molar-refractivity contribution in [1.82, 2.24) is 10.2 Å². The smallest absolute Gasteiger partial charge is 0.261 e. The molecule has 5 nitrogen and oxygen atoms in total. The summed E-state index contributed by atoms with van der Waals surface area (Å²) in [6.07, 6.45) is 1.04. The highest BCUT2D eigenvalue weighted by atomic mass is 19.1. The summed E-state index contributed by atoms with van der Waals surface area (Å²) in [4.78, 5) is 28.6. The third-order valence-electron chi connectivity index (χ3n) is 6.65. The number of amides is 2. The molecule has 0 heterocycles. The van der Waals surface area contributed by atoms with Crippen molar-refractivity contribution < 1.29 is 18.7 Å². The van der Waals surface area contributed by atoms with Gasteiger partial charge >= 0.3 is 0 Å². The average Bonchev–Trinajstić information content (AvgIpc) is 2.90. The zero-order chi connectivity index (χ0) is 27.7. The first-order valence-corrected chi connectivity index (χ1v) is 13.2. The topological polar surface area (TPSA) is 58.6 Å². The number of nitrogens with zero attached hydrogens (tertiary/aromatic N) is 1. The Hall–Kier alpha value is -3.67. The van der Waals surface area contributed by atoms with Gasteiger partial charge < -0.3 is 15.0 Å². The Kier molecular flexibility index (Phi) is 10.1. The van der Waals surface area contributed by atoms with Gasteiger partial charge in [0.25, 0.3) is 5.91 Å². The van der Waals surface area contributed by atoms with Crippen molar-refractivity contribution in [1.29, 1.82) is 0 Å². The van der Waals surface area contributed by atoms with Gasteiger partial charge in [-0.15, -0.1) is 0 Å². The van der Waals surface area contributed by atoms with Crippen LogP contribution >= 0.6 is 0 Å². The number of rotatable bonds is 11. The van der Waals surface area contributed by atoms with Crippen molar-refractivity contribution in [3.63, 3.8) is 0 Å². The maximum atomic E-state index is 14.7. The van der Waals surface area contributed by atoms with Gasteiger partial charge in [0.15, 0.2) is 6.61 Å². The molecule has 3 aromatic rings. The largest absolute Gasteiger partial charge is 0.484 e. The molecule has 0 saturated carbocycles. The van der Waals surface area contributed by atoms with Crippen LogP contribution in [0.2, 0.25) is 0 Å². The molecule has 38 heavy (non-hydrogen) atoms. The average molecular weight is 519 g/mol. The Morgan fingerprint density at radius 1 is 0.947 bits per heavy atom. The monoisotopic (exact) mass is 518 g/mol. The van der Waals surface area contributed by atoms with E-state index in [1.165, 1.54) is 11.0 Å². The molecule has 3 rings (SSSR count). The maximum absolute atomic E-state index is 14.7. The van der Waals surface area contributed by atoms with Gasteiger partial charge in [0.05, 0.1) is 0 Å². The Morgan fingerprint density at radius 3 is 2.18 bits per heavy atom. The number of hydrogen-bond donors (Lipinski definition) is 1. The predicted molar refractivity (Wildman–Crippen MR) is 149 cm³/mol. The number of carbonyl (C=O) groups excluding carboxylic acids is 2. The molecule has 3 aromatic carbocycles. The second-order valence-electron chi connectivity index (χ2n) is 10.7. The van der Waals surface area contributed by atoms with Crippen molar-refractivity contribution in [2.45, 2.75) is 71.5 Å². The number of ether oxygens (including phenoxy) is 1. The van der Waals surface area contributed by atoms with Crippen LogP contribution in [-0.2, 0) is 28.0 Å². The molecule has 0 bridgehead atoms. The molecule has 0 aromatic heterocycles. The fraction of sp³-hybridized carbons (Fsp3) is 0.375. The van der Waals surface area contributed by atoms with Gasteiger partial charge in [-0.05, 0) is 48.1 Å². The minimum absolute atomic E-state index is 0.00144. The minimum Gasteiger partial charge on any atom is -0.484 e. The van der Waals surface area contributed by atoms with E-state index in [9.17, 15) is 14.0 Å². The predicted octanol–water partition coefficient (Wildman–Crippen LogP) is 6.06. The molecule has 2 atom stereocenters. The highest BCUT2D eigenvalue weighted by Crippen LogP contribution is 2.24. The van der Waals surface area contributed by atoms with Gasteiger partial charge in [0.2, 0.25) is 5.91 Å².